The number of rotatable bonds is 7. The molecule has 1 amide bonds. The molecule has 3 aliphatic heterocycles. The Kier molecular flexibility index (Phi) is 8.36. The summed E-state index contributed by atoms with van der Waals surface area (Å²) in [6.45, 7) is 12.1. The molecule has 0 spiro atoms. The highest BCUT2D eigenvalue weighted by Crippen LogP contribution is 2.45. The average Bonchev–Trinajstić information content (AvgIpc) is 3.53. The Morgan fingerprint density at radius 3 is 2.60 bits per heavy atom. The van der Waals surface area contributed by atoms with Gasteiger partial charge < -0.3 is 29.2 Å². The van der Waals surface area contributed by atoms with Crippen molar-refractivity contribution in [1.82, 2.24) is 24.0 Å². The second-order valence-corrected chi connectivity index (χ2v) is 15.6. The van der Waals surface area contributed by atoms with Gasteiger partial charge in [-0.1, -0.05) is 13.8 Å². The minimum atomic E-state index is -0.328. The first-order valence-corrected chi connectivity index (χ1v) is 18.1. The van der Waals surface area contributed by atoms with Crippen molar-refractivity contribution in [3.63, 3.8) is 0 Å². The predicted octanol–water partition coefficient (Wildman–Crippen LogP) is 4.34. The highest BCUT2D eigenvalue weighted by Gasteiger charge is 2.40. The molecule has 4 aliphatic rings. The summed E-state index contributed by atoms with van der Waals surface area (Å²) in [4.78, 5) is 43.2. The Bertz CT molecular complexity index is 2040. The van der Waals surface area contributed by atoms with Crippen molar-refractivity contribution in [2.75, 3.05) is 54.5 Å². The number of fused-ring (bicyclic) bond motifs is 3. The molecule has 0 aromatic carbocycles. The Labute approximate surface area is 299 Å². The molecule has 12 nitrogen and oxygen atoms in total. The third-order valence-corrected chi connectivity index (χ3v) is 11.6. The molecule has 2 fully saturated rings. The zero-order valence-corrected chi connectivity index (χ0v) is 30.5. The van der Waals surface area contributed by atoms with Crippen LogP contribution in [0, 0.1) is 5.41 Å². The van der Waals surface area contributed by atoms with Gasteiger partial charge in [-0.25, -0.2) is 9.97 Å². The van der Waals surface area contributed by atoms with Crippen molar-refractivity contribution >= 4 is 44.8 Å². The van der Waals surface area contributed by atoms with Crippen LogP contribution in [0.25, 0.3) is 11.1 Å². The maximum absolute atomic E-state index is 14.1. The SMILES string of the molecule is C[C@H]1CN(C2COC2)CCN1c1ccc(Nc2cc(-c3ccnc(N4CCn5c6c(c(Br)c5C4=O)CC(C)(C)C6)c3CO)cn(C)c2=O)nc1. The largest absolute Gasteiger partial charge is 0.392 e. The van der Waals surface area contributed by atoms with Crippen LogP contribution in [0.4, 0.5) is 23.0 Å². The second-order valence-electron chi connectivity index (χ2n) is 14.8. The number of hydrogen-bond donors (Lipinski definition) is 2. The maximum Gasteiger partial charge on any atom is 0.277 e. The first kappa shape index (κ1) is 33.1. The minimum absolute atomic E-state index is 0.142. The number of carbonyl (C=O) groups is 1. The summed E-state index contributed by atoms with van der Waals surface area (Å²) in [7, 11) is 1.70. The van der Waals surface area contributed by atoms with Crippen LogP contribution in [-0.4, -0.2) is 86.5 Å². The van der Waals surface area contributed by atoms with E-state index in [1.54, 1.807) is 30.4 Å². The van der Waals surface area contributed by atoms with Crippen molar-refractivity contribution in [2.24, 2.45) is 12.5 Å². The normalized spacial score (nSPS) is 20.5. The first-order valence-electron chi connectivity index (χ1n) is 17.4. The molecule has 1 aliphatic carbocycles. The highest BCUT2D eigenvalue weighted by molar-refractivity contribution is 9.10. The molecule has 1 atom stereocenters. The summed E-state index contributed by atoms with van der Waals surface area (Å²) in [5.74, 6) is 0.837. The fourth-order valence-electron chi connectivity index (χ4n) is 8.14. The number of anilines is 4. The van der Waals surface area contributed by atoms with E-state index in [0.29, 0.717) is 64.9 Å². The third-order valence-electron chi connectivity index (χ3n) is 10.8. The van der Waals surface area contributed by atoms with Crippen LogP contribution in [0.2, 0.25) is 0 Å². The number of pyridine rings is 3. The monoisotopic (exact) mass is 742 g/mol. The number of amides is 1. The number of aliphatic hydroxyl groups is 1. The van der Waals surface area contributed by atoms with Crippen LogP contribution in [-0.2, 0) is 37.8 Å². The molecule has 7 heterocycles. The molecule has 262 valence electrons. The Hall–Kier alpha value is -4.04. The van der Waals surface area contributed by atoms with E-state index in [0.717, 1.165) is 55.8 Å². The topological polar surface area (TPSA) is 121 Å². The number of piperazine rings is 1. The number of aliphatic hydroxyl groups excluding tert-OH is 1. The van der Waals surface area contributed by atoms with E-state index in [9.17, 15) is 14.7 Å². The fraction of sp³-hybridized carbons (Fsp3) is 0.459. The lowest BCUT2D eigenvalue weighted by Crippen LogP contribution is -2.59. The lowest BCUT2D eigenvalue weighted by Gasteiger charge is -2.46. The van der Waals surface area contributed by atoms with Gasteiger partial charge in [0.15, 0.2) is 0 Å². The number of aromatic nitrogens is 4. The fourth-order valence-corrected chi connectivity index (χ4v) is 8.89. The highest BCUT2D eigenvalue weighted by atomic mass is 79.9. The Morgan fingerprint density at radius 1 is 1.08 bits per heavy atom. The van der Waals surface area contributed by atoms with Crippen LogP contribution in [0.15, 0.2) is 52.1 Å². The van der Waals surface area contributed by atoms with Crippen molar-refractivity contribution in [1.29, 1.82) is 0 Å². The predicted molar refractivity (Wildman–Crippen MR) is 196 cm³/mol. The van der Waals surface area contributed by atoms with Crippen LogP contribution < -0.4 is 20.7 Å². The molecule has 0 bridgehead atoms. The van der Waals surface area contributed by atoms with Gasteiger partial charge >= 0.3 is 0 Å². The van der Waals surface area contributed by atoms with Crippen LogP contribution in [0.1, 0.15) is 48.1 Å². The molecule has 2 N–H and O–H groups in total. The van der Waals surface area contributed by atoms with Gasteiger partial charge in [-0.2, -0.15) is 0 Å². The molecule has 0 saturated carbocycles. The summed E-state index contributed by atoms with van der Waals surface area (Å²) in [6, 6.07) is 8.41. The van der Waals surface area contributed by atoms with Crippen molar-refractivity contribution in [2.45, 2.75) is 58.8 Å². The van der Waals surface area contributed by atoms with Crippen molar-refractivity contribution in [3.8, 4) is 11.1 Å². The summed E-state index contributed by atoms with van der Waals surface area (Å²) in [5.41, 5.74) is 6.36. The van der Waals surface area contributed by atoms with E-state index >= 15 is 0 Å². The average molecular weight is 744 g/mol. The third kappa shape index (κ3) is 5.64. The lowest BCUT2D eigenvalue weighted by atomic mass is 9.90. The standard InChI is InChI=1S/C37H43BrN8O4/c1-22-17-43(25-20-50-21-25)9-10-44(22)24-5-6-31(40-16-24)41-29-13-23(18-42(4)35(29)48)26-7-8-39-34(28(26)19-47)46-12-11-45-30-15-37(2,3)14-27(30)32(38)33(45)36(46)49/h5-8,13,16,18,22,25,47H,9-12,14-15,17,19-21H2,1-4H3,(H,40,41)/t22-/m0/s1. The zero-order valence-electron chi connectivity index (χ0n) is 28.9. The molecule has 50 heavy (non-hydrogen) atoms. The minimum Gasteiger partial charge on any atom is -0.392 e. The summed E-state index contributed by atoms with van der Waals surface area (Å²) in [6.07, 6.45) is 7.10. The number of nitrogens with zero attached hydrogens (tertiary/aromatic N) is 7. The van der Waals surface area contributed by atoms with E-state index in [1.807, 2.05) is 24.4 Å². The quantitative estimate of drug-likeness (QED) is 0.285. The Balaban J connectivity index is 1.05. The molecular weight excluding hydrogens is 700 g/mol. The first-order chi connectivity index (χ1) is 24.0. The molecule has 4 aromatic rings. The van der Waals surface area contributed by atoms with Gasteiger partial charge in [-0.3, -0.25) is 19.4 Å². The maximum atomic E-state index is 14.1. The van der Waals surface area contributed by atoms with E-state index < -0.39 is 0 Å². The van der Waals surface area contributed by atoms with Gasteiger partial charge in [0.2, 0.25) is 0 Å². The number of aryl methyl sites for hydroxylation is 1. The summed E-state index contributed by atoms with van der Waals surface area (Å²) in [5, 5.41) is 13.9. The zero-order chi connectivity index (χ0) is 34.9. The molecular formula is C37H43BrN8O4. The Morgan fingerprint density at radius 2 is 1.90 bits per heavy atom. The molecule has 0 radical (unpaired) electrons. The van der Waals surface area contributed by atoms with Gasteiger partial charge in [0, 0.05) is 75.0 Å². The molecule has 2 saturated heterocycles. The van der Waals surface area contributed by atoms with Gasteiger partial charge in [-0.15, -0.1) is 0 Å². The number of hydrogen-bond acceptors (Lipinski definition) is 9. The van der Waals surface area contributed by atoms with E-state index in [4.69, 9.17) is 4.74 Å². The van der Waals surface area contributed by atoms with E-state index in [2.05, 4.69) is 66.4 Å². The van der Waals surface area contributed by atoms with Gasteiger partial charge in [-0.05, 0) is 76.5 Å². The number of ether oxygens (including phenoxy) is 1. The number of nitrogens with one attached hydrogen (secondary N) is 1. The molecule has 4 aromatic heterocycles. The van der Waals surface area contributed by atoms with Crippen molar-refractivity contribution < 1.29 is 14.6 Å². The summed E-state index contributed by atoms with van der Waals surface area (Å²) < 4.78 is 9.93. The second kappa shape index (κ2) is 12.6. The summed E-state index contributed by atoms with van der Waals surface area (Å²) >= 11 is 3.76. The molecule has 13 heteroatoms. The van der Waals surface area contributed by atoms with Crippen LogP contribution in [0.5, 0.6) is 0 Å². The van der Waals surface area contributed by atoms with E-state index in [-0.39, 0.29) is 23.5 Å². The lowest BCUT2D eigenvalue weighted by molar-refractivity contribution is -0.0691. The number of halogens is 1. The van der Waals surface area contributed by atoms with Crippen LogP contribution in [0.3, 0.4) is 0 Å². The van der Waals surface area contributed by atoms with Gasteiger partial charge in [0.1, 0.15) is 23.0 Å². The number of carbonyl (C=O) groups excluding carboxylic acids is 1. The van der Waals surface area contributed by atoms with Crippen molar-refractivity contribution in [3.05, 3.63) is 80.2 Å². The van der Waals surface area contributed by atoms with E-state index in [1.165, 1.54) is 15.8 Å². The molecule has 8 rings (SSSR count). The van der Waals surface area contributed by atoms with Crippen LogP contribution >= 0.6 is 15.9 Å². The molecule has 0 unspecified atom stereocenters. The van der Waals surface area contributed by atoms with Gasteiger partial charge in [0.25, 0.3) is 11.5 Å². The smallest absolute Gasteiger partial charge is 0.277 e. The van der Waals surface area contributed by atoms with Gasteiger partial charge in [0.05, 0.1) is 42.2 Å².